The minimum absolute atomic E-state index is 0.749. The molecule has 5 heteroatoms. The fourth-order valence-corrected chi connectivity index (χ4v) is 4.64. The molecule has 0 aliphatic carbocycles. The van der Waals surface area contributed by atoms with Gasteiger partial charge in [-0.25, -0.2) is 4.98 Å². The Morgan fingerprint density at radius 1 is 0.909 bits per heavy atom. The van der Waals surface area contributed by atoms with E-state index < -0.39 is 0 Å². The molecule has 0 saturated carbocycles. The van der Waals surface area contributed by atoms with Crippen molar-refractivity contribution in [1.82, 2.24) is 0 Å². The smallest absolute Gasteiger partial charge is 0.237 e. The molecule has 33 heavy (non-hydrogen) atoms. The second-order valence-corrected chi connectivity index (χ2v) is 8.88. The summed E-state index contributed by atoms with van der Waals surface area (Å²) in [7, 11) is 0. The fourth-order valence-electron chi connectivity index (χ4n) is 4.64. The molecule has 5 nitrogen and oxygen atoms in total. The van der Waals surface area contributed by atoms with Crippen molar-refractivity contribution in [3.05, 3.63) is 88.5 Å². The maximum atomic E-state index is 10.0. The Bertz CT molecular complexity index is 1070. The highest BCUT2D eigenvalue weighted by Crippen LogP contribution is 2.26. The zero-order valence-corrected chi connectivity index (χ0v) is 19.6. The Labute approximate surface area is 197 Å². The van der Waals surface area contributed by atoms with Crippen LogP contribution in [0.1, 0.15) is 54.0 Å². The molecule has 4 rings (SSSR count). The number of unbranched alkanes of at least 4 members (excludes halogenated alkanes) is 2. The summed E-state index contributed by atoms with van der Waals surface area (Å²) in [6, 6.07) is 23.7. The third kappa shape index (κ3) is 5.91. The second kappa shape index (κ2) is 11.5. The van der Waals surface area contributed by atoms with Gasteiger partial charge in [-0.3, -0.25) is 0 Å². The zero-order valence-electron chi connectivity index (χ0n) is 19.6. The summed E-state index contributed by atoms with van der Waals surface area (Å²) in [5.74, 6) is 1.89. The summed E-state index contributed by atoms with van der Waals surface area (Å²) in [6.45, 7) is 6.77. The lowest BCUT2D eigenvalue weighted by Gasteiger charge is -2.27. The predicted molar refractivity (Wildman–Crippen MR) is 133 cm³/mol. The van der Waals surface area contributed by atoms with Crippen LogP contribution in [0.15, 0.2) is 60.7 Å². The molecule has 0 amide bonds. The highest BCUT2D eigenvalue weighted by atomic mass is 15.1. The summed E-state index contributed by atoms with van der Waals surface area (Å²) >= 11 is 0. The van der Waals surface area contributed by atoms with Gasteiger partial charge in [-0.15, -0.1) is 0 Å². The van der Waals surface area contributed by atoms with Crippen LogP contribution >= 0.6 is 0 Å². The minimum atomic E-state index is 0.749. The van der Waals surface area contributed by atoms with Crippen LogP contribution in [0, 0.1) is 11.3 Å². The fraction of sp³-hybridized carbons (Fsp3) is 0.357. The number of nitrogens with one attached hydrogen (secondary N) is 4. The largest absolute Gasteiger partial charge is 0.327 e. The summed E-state index contributed by atoms with van der Waals surface area (Å²) in [6.07, 6.45) is 4.40. The number of H-pyrrole nitrogens is 1. The van der Waals surface area contributed by atoms with Crippen molar-refractivity contribution in [2.75, 3.05) is 23.7 Å². The summed E-state index contributed by atoms with van der Waals surface area (Å²) in [5, 5.41) is 17.2. The van der Waals surface area contributed by atoms with E-state index in [0.717, 1.165) is 62.8 Å². The van der Waals surface area contributed by atoms with Gasteiger partial charge >= 0.3 is 0 Å². The number of quaternary nitrogens is 1. The predicted octanol–water partition coefficient (Wildman–Crippen LogP) is 3.73. The van der Waals surface area contributed by atoms with Crippen LogP contribution in [0.5, 0.6) is 0 Å². The molecule has 0 bridgehead atoms. The first kappa shape index (κ1) is 22.8. The molecule has 170 valence electrons. The normalized spacial score (nSPS) is 14.8. The number of aromatic nitrogens is 1. The zero-order chi connectivity index (χ0) is 22.9. The number of rotatable bonds is 10. The van der Waals surface area contributed by atoms with Gasteiger partial charge in [0.25, 0.3) is 0 Å². The Morgan fingerprint density at radius 2 is 1.64 bits per heavy atom. The van der Waals surface area contributed by atoms with Crippen LogP contribution < -0.4 is 20.5 Å². The van der Waals surface area contributed by atoms with Crippen molar-refractivity contribution in [1.29, 1.82) is 5.26 Å². The number of fused-ring (bicyclic) bond motifs is 1. The molecule has 1 unspecified atom stereocenters. The molecule has 2 aromatic carbocycles. The van der Waals surface area contributed by atoms with Crippen LogP contribution in [0.3, 0.4) is 0 Å². The van der Waals surface area contributed by atoms with Crippen LogP contribution in [0.2, 0.25) is 0 Å². The second-order valence-electron chi connectivity index (χ2n) is 8.88. The average Bonchev–Trinajstić information content (AvgIpc) is 2.86. The van der Waals surface area contributed by atoms with Crippen molar-refractivity contribution in [2.24, 2.45) is 0 Å². The van der Waals surface area contributed by atoms with Gasteiger partial charge in [0.05, 0.1) is 25.2 Å². The molecule has 4 N–H and O–H groups in total. The molecule has 0 saturated heterocycles. The minimum Gasteiger partial charge on any atom is -0.327 e. The Hall–Kier alpha value is -3.36. The van der Waals surface area contributed by atoms with E-state index in [4.69, 9.17) is 0 Å². The maximum absolute atomic E-state index is 10.0. The van der Waals surface area contributed by atoms with Crippen molar-refractivity contribution >= 4 is 11.6 Å². The van der Waals surface area contributed by atoms with Crippen molar-refractivity contribution in [2.45, 2.75) is 52.2 Å². The van der Waals surface area contributed by atoms with E-state index in [1.54, 1.807) is 0 Å². The number of hydrogen-bond donors (Lipinski definition) is 3. The number of anilines is 2. The molecule has 2 heterocycles. The highest BCUT2D eigenvalue weighted by molar-refractivity contribution is 5.60. The topological polar surface area (TPSA) is 66.4 Å². The number of benzene rings is 2. The van der Waals surface area contributed by atoms with Gasteiger partial charge < -0.3 is 15.5 Å². The quantitative estimate of drug-likeness (QED) is 0.420. The van der Waals surface area contributed by atoms with E-state index in [9.17, 15) is 5.26 Å². The molecule has 3 aromatic rings. The van der Waals surface area contributed by atoms with E-state index >= 15 is 0 Å². The number of aromatic amines is 1. The van der Waals surface area contributed by atoms with E-state index in [2.05, 4.69) is 83.2 Å². The first-order valence-electron chi connectivity index (χ1n) is 12.2. The van der Waals surface area contributed by atoms with Crippen LogP contribution in [0.25, 0.3) is 0 Å². The van der Waals surface area contributed by atoms with Gasteiger partial charge in [0.15, 0.2) is 0 Å². The monoisotopic (exact) mass is 441 g/mol. The number of nitriles is 1. The number of pyridine rings is 1. The first-order valence-corrected chi connectivity index (χ1v) is 12.2. The van der Waals surface area contributed by atoms with E-state index in [1.165, 1.54) is 40.0 Å². The van der Waals surface area contributed by atoms with E-state index in [0.29, 0.717) is 0 Å². The third-order valence-corrected chi connectivity index (χ3v) is 6.43. The highest BCUT2D eigenvalue weighted by Gasteiger charge is 2.30. The Kier molecular flexibility index (Phi) is 7.94. The molecule has 0 radical (unpaired) electrons. The van der Waals surface area contributed by atoms with Crippen LogP contribution in [0.4, 0.5) is 11.6 Å². The summed E-state index contributed by atoms with van der Waals surface area (Å²) in [4.78, 5) is 5.09. The van der Waals surface area contributed by atoms with Crippen LogP contribution in [-0.2, 0) is 26.1 Å². The maximum Gasteiger partial charge on any atom is 0.237 e. The van der Waals surface area contributed by atoms with Gasteiger partial charge in [-0.05, 0) is 17.5 Å². The SMILES string of the molecule is CCCCCNc1[nH+]c(NCc2ccccc2)c2c(c1C#N)CC[NH+](Cc1ccccc1)C2. The lowest BCUT2D eigenvalue weighted by Crippen LogP contribution is -3.10. The van der Waals surface area contributed by atoms with Gasteiger partial charge in [-0.1, -0.05) is 80.4 Å². The molecule has 1 aromatic heterocycles. The number of nitrogens with zero attached hydrogens (tertiary/aromatic N) is 1. The standard InChI is InChI=1S/C28H33N5/c1-2-3-10-16-30-27-25(18-29)24-15-17-33(20-23-13-8-5-9-14-23)21-26(24)28(32-27)31-19-22-11-6-4-7-12-22/h4-9,11-14H,2-3,10,15-17,19-21H2,1H3,(H2,30,31,32)/p+2. The van der Waals surface area contributed by atoms with Crippen LogP contribution in [-0.4, -0.2) is 13.1 Å². The molecule has 1 atom stereocenters. The summed E-state index contributed by atoms with van der Waals surface area (Å²) in [5.41, 5.74) is 5.82. The Morgan fingerprint density at radius 3 is 2.33 bits per heavy atom. The van der Waals surface area contributed by atoms with Gasteiger partial charge in [0.2, 0.25) is 11.6 Å². The third-order valence-electron chi connectivity index (χ3n) is 6.43. The first-order chi connectivity index (χ1) is 16.3. The van der Waals surface area contributed by atoms with Crippen molar-refractivity contribution in [3.8, 4) is 6.07 Å². The van der Waals surface area contributed by atoms with Gasteiger partial charge in [0.1, 0.15) is 24.7 Å². The van der Waals surface area contributed by atoms with Gasteiger partial charge in [0, 0.05) is 12.0 Å². The average molecular weight is 442 g/mol. The van der Waals surface area contributed by atoms with E-state index in [-0.39, 0.29) is 0 Å². The van der Waals surface area contributed by atoms with Crippen molar-refractivity contribution in [3.63, 3.8) is 0 Å². The molecule has 0 spiro atoms. The Balaban J connectivity index is 1.61. The van der Waals surface area contributed by atoms with Crippen molar-refractivity contribution < 1.29 is 9.88 Å². The molecular formula is C28H35N5+2. The van der Waals surface area contributed by atoms with E-state index in [1.807, 2.05) is 6.07 Å². The molecule has 0 fully saturated rings. The summed E-state index contributed by atoms with van der Waals surface area (Å²) < 4.78 is 0. The lowest BCUT2D eigenvalue weighted by molar-refractivity contribution is -0.929. The van der Waals surface area contributed by atoms with Gasteiger partial charge in [-0.2, -0.15) is 5.26 Å². The molecule has 1 aliphatic heterocycles. The molecule has 1 aliphatic rings. The number of hydrogen-bond acceptors (Lipinski definition) is 3. The lowest BCUT2D eigenvalue weighted by atomic mass is 9.95. The molecular weight excluding hydrogens is 406 g/mol.